The van der Waals surface area contributed by atoms with Crippen molar-refractivity contribution in [3.63, 3.8) is 0 Å². The van der Waals surface area contributed by atoms with Crippen molar-refractivity contribution in [1.29, 1.82) is 0 Å². The predicted molar refractivity (Wildman–Crippen MR) is 229 cm³/mol. The van der Waals surface area contributed by atoms with Gasteiger partial charge in [0, 0.05) is 107 Å². The molecular weight excluding hydrogens is 749 g/mol. The lowest BCUT2D eigenvalue weighted by Crippen LogP contribution is -2.47. The van der Waals surface area contributed by atoms with Crippen LogP contribution in [0.5, 0.6) is 11.5 Å². The van der Waals surface area contributed by atoms with Gasteiger partial charge in [0.15, 0.2) is 0 Å². The minimum absolute atomic E-state index is 0.162. The van der Waals surface area contributed by atoms with Crippen LogP contribution in [0.2, 0.25) is 0 Å². The molecule has 15 nitrogen and oxygen atoms in total. The molecular formula is C44H52N10O5. The van der Waals surface area contributed by atoms with Crippen LogP contribution in [0.15, 0.2) is 85.2 Å². The van der Waals surface area contributed by atoms with Crippen LogP contribution in [0.1, 0.15) is 16.7 Å². The molecule has 0 saturated carbocycles. The lowest BCUT2D eigenvalue weighted by Gasteiger charge is -2.36. The average Bonchev–Trinajstić information content (AvgIpc) is 3.73. The molecule has 0 atom stereocenters. The number of aliphatic hydroxyl groups excluding tert-OH is 1. The first-order valence-electron chi connectivity index (χ1n) is 20.2. The molecule has 0 unspecified atom stereocenters. The molecule has 0 bridgehead atoms. The maximum Gasteiger partial charge on any atom is 0.329 e. The molecule has 5 heterocycles. The van der Waals surface area contributed by atoms with E-state index in [0.29, 0.717) is 76.6 Å². The van der Waals surface area contributed by atoms with Crippen LogP contribution >= 0.6 is 0 Å². The van der Waals surface area contributed by atoms with Crippen LogP contribution in [0.3, 0.4) is 0 Å². The zero-order valence-corrected chi connectivity index (χ0v) is 34.0. The molecule has 5 aromatic rings. The molecule has 15 heteroatoms. The number of benzene rings is 3. The van der Waals surface area contributed by atoms with Crippen molar-refractivity contribution in [2.75, 3.05) is 118 Å². The average molecular weight is 801 g/mol. The Morgan fingerprint density at radius 1 is 0.797 bits per heavy atom. The molecule has 3 aliphatic heterocycles. The number of amides is 2. The second-order valence-electron chi connectivity index (χ2n) is 14.9. The van der Waals surface area contributed by atoms with E-state index in [1.54, 1.807) is 24.0 Å². The largest absolute Gasteiger partial charge is 0.497 e. The quantitative estimate of drug-likeness (QED) is 0.176. The van der Waals surface area contributed by atoms with Crippen LogP contribution in [0, 0.1) is 0 Å². The van der Waals surface area contributed by atoms with Crippen molar-refractivity contribution in [2.45, 2.75) is 19.5 Å². The van der Waals surface area contributed by atoms with Gasteiger partial charge in [0.1, 0.15) is 17.3 Å². The molecule has 2 amide bonds. The summed E-state index contributed by atoms with van der Waals surface area (Å²) in [5.41, 5.74) is 6.43. The van der Waals surface area contributed by atoms with Gasteiger partial charge in [-0.25, -0.2) is 19.7 Å². The van der Waals surface area contributed by atoms with Crippen molar-refractivity contribution in [1.82, 2.24) is 24.8 Å². The molecule has 0 radical (unpaired) electrons. The molecule has 59 heavy (non-hydrogen) atoms. The van der Waals surface area contributed by atoms with Crippen LogP contribution < -0.4 is 34.0 Å². The third kappa shape index (κ3) is 9.02. The van der Waals surface area contributed by atoms with Gasteiger partial charge in [0.05, 0.1) is 39.7 Å². The number of carbonyl (C=O) groups excluding carboxylic acids is 1. The number of piperazine rings is 1. The molecule has 2 fully saturated rings. The monoisotopic (exact) mass is 800 g/mol. The number of rotatable bonds is 13. The summed E-state index contributed by atoms with van der Waals surface area (Å²) in [6, 6.07) is 24.0. The fourth-order valence-corrected chi connectivity index (χ4v) is 7.84. The van der Waals surface area contributed by atoms with Crippen LogP contribution in [0.25, 0.3) is 11.3 Å². The number of ether oxygens (including phenoxy) is 3. The van der Waals surface area contributed by atoms with Crippen molar-refractivity contribution in [3.8, 4) is 22.8 Å². The van der Waals surface area contributed by atoms with E-state index in [-0.39, 0.29) is 12.6 Å². The van der Waals surface area contributed by atoms with E-state index in [1.165, 1.54) is 0 Å². The number of carbonyl (C=O) groups is 1. The van der Waals surface area contributed by atoms with Crippen molar-refractivity contribution >= 4 is 35.1 Å². The van der Waals surface area contributed by atoms with Gasteiger partial charge < -0.3 is 34.0 Å². The van der Waals surface area contributed by atoms with Gasteiger partial charge in [-0.15, -0.1) is 0 Å². The number of aromatic nitrogens is 4. The minimum Gasteiger partial charge on any atom is -0.497 e. The Morgan fingerprint density at radius 3 is 2.05 bits per heavy atom. The number of nitrogens with zero attached hydrogens (tertiary/aromatic N) is 10. The highest BCUT2D eigenvalue weighted by atomic mass is 16.5. The normalized spacial score (nSPS) is 15.6. The molecule has 3 aliphatic rings. The summed E-state index contributed by atoms with van der Waals surface area (Å²) in [6.45, 7) is 8.41. The topological polar surface area (TPSA) is 136 Å². The van der Waals surface area contributed by atoms with Crippen molar-refractivity contribution in [3.05, 3.63) is 102 Å². The SMILES string of the molecule is COc1ccc(CN(Cc2ccc(OC)cc2)c2ncc(-c3nc(N4CCOCC4)nc4c3CCN4C(=O)N(C)c3cccc(N4CCN(CCO)CC4)c3)cn2)cc1. The Morgan fingerprint density at radius 2 is 1.44 bits per heavy atom. The number of fused-ring (bicyclic) bond motifs is 1. The number of morpholine rings is 1. The summed E-state index contributed by atoms with van der Waals surface area (Å²) in [5, 5.41) is 9.37. The number of hydrogen-bond acceptors (Lipinski definition) is 13. The molecule has 3 aromatic carbocycles. The highest BCUT2D eigenvalue weighted by Crippen LogP contribution is 2.37. The van der Waals surface area contributed by atoms with E-state index >= 15 is 0 Å². The fraction of sp³-hybridized carbons (Fsp3) is 0.386. The summed E-state index contributed by atoms with van der Waals surface area (Å²) >= 11 is 0. The van der Waals surface area contributed by atoms with E-state index in [4.69, 9.17) is 34.1 Å². The fourth-order valence-electron chi connectivity index (χ4n) is 7.84. The number of aliphatic hydroxyl groups is 1. The molecule has 2 saturated heterocycles. The molecule has 8 rings (SSSR count). The van der Waals surface area contributed by atoms with E-state index in [0.717, 1.165) is 77.0 Å². The van der Waals surface area contributed by atoms with Gasteiger partial charge in [-0.1, -0.05) is 30.3 Å². The van der Waals surface area contributed by atoms with Crippen LogP contribution in [-0.2, 0) is 24.2 Å². The van der Waals surface area contributed by atoms with Crippen LogP contribution in [-0.4, -0.2) is 129 Å². The second-order valence-corrected chi connectivity index (χ2v) is 14.9. The Kier molecular flexibility index (Phi) is 12.3. The van der Waals surface area contributed by atoms with Gasteiger partial charge in [0.25, 0.3) is 0 Å². The Hall–Kier alpha value is -6.03. The maximum absolute atomic E-state index is 14.4. The number of hydrogen-bond donors (Lipinski definition) is 1. The lowest BCUT2D eigenvalue weighted by atomic mass is 10.1. The summed E-state index contributed by atoms with van der Waals surface area (Å²) < 4.78 is 16.4. The van der Waals surface area contributed by atoms with E-state index in [9.17, 15) is 9.90 Å². The van der Waals surface area contributed by atoms with Gasteiger partial charge in [-0.2, -0.15) is 4.98 Å². The minimum atomic E-state index is -0.162. The molecule has 2 aromatic heterocycles. The summed E-state index contributed by atoms with van der Waals surface area (Å²) in [5.74, 6) is 3.33. The summed E-state index contributed by atoms with van der Waals surface area (Å²) in [4.78, 5) is 46.8. The van der Waals surface area contributed by atoms with Crippen molar-refractivity contribution in [2.24, 2.45) is 0 Å². The third-order valence-corrected chi connectivity index (χ3v) is 11.3. The smallest absolute Gasteiger partial charge is 0.329 e. The Balaban J connectivity index is 1.07. The van der Waals surface area contributed by atoms with Gasteiger partial charge >= 0.3 is 6.03 Å². The molecule has 0 aliphatic carbocycles. The first-order valence-corrected chi connectivity index (χ1v) is 20.2. The van der Waals surface area contributed by atoms with Gasteiger partial charge in [-0.3, -0.25) is 14.7 Å². The molecule has 308 valence electrons. The lowest BCUT2D eigenvalue weighted by molar-refractivity contribution is 0.122. The highest BCUT2D eigenvalue weighted by Gasteiger charge is 2.34. The zero-order chi connectivity index (χ0) is 40.7. The standard InChI is InChI=1S/C44H52N10O5/c1-49(35-5-4-6-36(27-35)51-19-17-50(18-20-51)21-24-55)44(56)54-16-15-39-40(47-43(48-41(39)54)52-22-25-59-26-23-52)34-28-45-42(46-29-34)53(30-32-7-11-37(57-2)12-8-32)31-33-9-13-38(58-3)14-10-33/h4-14,27-29,55H,15-26,30-31H2,1-3H3. The summed E-state index contributed by atoms with van der Waals surface area (Å²) in [6.07, 6.45) is 4.25. The second kappa shape index (κ2) is 18.3. The number of β-amino-alcohol motifs (C(OH)–C–C–N with tert-alkyl or cyclic N) is 1. The van der Waals surface area contributed by atoms with Crippen molar-refractivity contribution < 1.29 is 24.1 Å². The van der Waals surface area contributed by atoms with E-state index in [1.807, 2.05) is 55.8 Å². The van der Waals surface area contributed by atoms with Gasteiger partial charge in [0.2, 0.25) is 11.9 Å². The molecule has 1 N–H and O–H groups in total. The van der Waals surface area contributed by atoms with E-state index < -0.39 is 0 Å². The third-order valence-electron chi connectivity index (χ3n) is 11.3. The molecule has 0 spiro atoms. The zero-order valence-electron chi connectivity index (χ0n) is 34.0. The Bertz CT molecular complexity index is 2130. The number of methoxy groups -OCH3 is 2. The summed E-state index contributed by atoms with van der Waals surface area (Å²) in [7, 11) is 5.15. The number of urea groups is 1. The number of anilines is 5. The highest BCUT2D eigenvalue weighted by molar-refractivity contribution is 6.04. The maximum atomic E-state index is 14.4. The first kappa shape index (κ1) is 39.8. The Labute approximate surface area is 345 Å². The predicted octanol–water partition coefficient (Wildman–Crippen LogP) is 4.73. The first-order chi connectivity index (χ1) is 28.9. The van der Waals surface area contributed by atoms with E-state index in [2.05, 4.69) is 56.0 Å². The van der Waals surface area contributed by atoms with Gasteiger partial charge in [-0.05, 0) is 60.0 Å². The van der Waals surface area contributed by atoms with Crippen LogP contribution in [0.4, 0.5) is 33.9 Å².